The van der Waals surface area contributed by atoms with Crippen LogP contribution in [0.5, 0.6) is 0 Å². The molecule has 0 atom stereocenters. The quantitative estimate of drug-likeness (QED) is 0.847. The van der Waals surface area contributed by atoms with Gasteiger partial charge in [0.2, 0.25) is 0 Å². The van der Waals surface area contributed by atoms with Crippen LogP contribution in [0.3, 0.4) is 0 Å². The largest absolute Gasteiger partial charge is 0.344 e. The lowest BCUT2D eigenvalue weighted by Crippen LogP contribution is -2.34. The van der Waals surface area contributed by atoms with E-state index in [4.69, 9.17) is 0 Å². The molecule has 0 saturated heterocycles. The molecule has 0 radical (unpaired) electrons. The third-order valence-corrected chi connectivity index (χ3v) is 3.02. The normalized spacial score (nSPS) is 10.5. The molecule has 0 aliphatic rings. The molecule has 100 valence electrons. The van der Waals surface area contributed by atoms with Crippen molar-refractivity contribution >= 4 is 6.03 Å². The topological polar surface area (TPSA) is 38.1 Å². The van der Waals surface area contributed by atoms with Crippen molar-refractivity contribution in [1.82, 2.24) is 14.7 Å². The minimum Gasteiger partial charge on any atom is -0.319 e. The third kappa shape index (κ3) is 3.22. The highest BCUT2D eigenvalue weighted by molar-refractivity contribution is 5.76. The SMILES string of the molecule is CCN(Cc1cccc(C)c1)C(=O)n1cc(C)cn1. The number of aryl methyl sites for hydroxylation is 2. The van der Waals surface area contributed by atoms with Crippen molar-refractivity contribution in [2.45, 2.75) is 27.3 Å². The van der Waals surface area contributed by atoms with Crippen LogP contribution in [-0.2, 0) is 6.54 Å². The molecule has 4 heteroatoms. The predicted molar refractivity (Wildman–Crippen MR) is 75.0 cm³/mol. The summed E-state index contributed by atoms with van der Waals surface area (Å²) in [6.07, 6.45) is 3.44. The molecule has 0 N–H and O–H groups in total. The van der Waals surface area contributed by atoms with Crippen molar-refractivity contribution in [2.24, 2.45) is 0 Å². The molecule has 4 nitrogen and oxygen atoms in total. The van der Waals surface area contributed by atoms with E-state index < -0.39 is 0 Å². The van der Waals surface area contributed by atoms with E-state index in [0.717, 1.165) is 11.1 Å². The molecule has 0 fully saturated rings. The van der Waals surface area contributed by atoms with Crippen LogP contribution in [0.2, 0.25) is 0 Å². The summed E-state index contributed by atoms with van der Waals surface area (Å²) in [5, 5.41) is 4.07. The molecule has 2 rings (SSSR count). The molecule has 0 unspecified atom stereocenters. The summed E-state index contributed by atoms with van der Waals surface area (Å²) in [5.74, 6) is 0. The number of hydrogen-bond donors (Lipinski definition) is 0. The first kappa shape index (κ1) is 13.3. The Kier molecular flexibility index (Phi) is 4.00. The zero-order valence-electron chi connectivity index (χ0n) is 11.6. The fourth-order valence-electron chi connectivity index (χ4n) is 2.01. The number of nitrogens with zero attached hydrogens (tertiary/aromatic N) is 3. The summed E-state index contributed by atoms with van der Waals surface area (Å²) in [4.78, 5) is 14.1. The van der Waals surface area contributed by atoms with Gasteiger partial charge in [0.1, 0.15) is 0 Å². The molecule has 0 saturated carbocycles. The first-order valence-corrected chi connectivity index (χ1v) is 6.46. The van der Waals surface area contributed by atoms with Gasteiger partial charge in [-0.3, -0.25) is 0 Å². The van der Waals surface area contributed by atoms with Gasteiger partial charge in [0.25, 0.3) is 0 Å². The fraction of sp³-hybridized carbons (Fsp3) is 0.333. The van der Waals surface area contributed by atoms with Gasteiger partial charge in [-0.05, 0) is 31.9 Å². The van der Waals surface area contributed by atoms with E-state index >= 15 is 0 Å². The second kappa shape index (κ2) is 5.69. The Hall–Kier alpha value is -2.10. The van der Waals surface area contributed by atoms with Crippen molar-refractivity contribution in [3.05, 3.63) is 53.3 Å². The van der Waals surface area contributed by atoms with Gasteiger partial charge in [-0.2, -0.15) is 9.78 Å². The number of rotatable bonds is 3. The summed E-state index contributed by atoms with van der Waals surface area (Å²) < 4.78 is 1.40. The Balaban J connectivity index is 2.14. The Morgan fingerprint density at radius 1 is 1.32 bits per heavy atom. The van der Waals surface area contributed by atoms with Crippen LogP contribution in [0, 0.1) is 13.8 Å². The van der Waals surface area contributed by atoms with Crippen LogP contribution >= 0.6 is 0 Å². The molecule has 0 bridgehead atoms. The molecular formula is C15H19N3O. The van der Waals surface area contributed by atoms with Gasteiger partial charge in [-0.25, -0.2) is 4.79 Å². The van der Waals surface area contributed by atoms with Gasteiger partial charge in [0, 0.05) is 19.3 Å². The summed E-state index contributed by atoms with van der Waals surface area (Å²) >= 11 is 0. The average Bonchev–Trinajstić information content (AvgIpc) is 2.82. The Bertz CT molecular complexity index is 574. The maximum absolute atomic E-state index is 12.3. The highest BCUT2D eigenvalue weighted by Gasteiger charge is 2.14. The van der Waals surface area contributed by atoms with Gasteiger partial charge < -0.3 is 4.90 Å². The highest BCUT2D eigenvalue weighted by Crippen LogP contribution is 2.09. The van der Waals surface area contributed by atoms with Crippen LogP contribution in [-0.4, -0.2) is 27.3 Å². The lowest BCUT2D eigenvalue weighted by atomic mass is 10.1. The van der Waals surface area contributed by atoms with Crippen LogP contribution < -0.4 is 0 Å². The van der Waals surface area contributed by atoms with Gasteiger partial charge in [-0.1, -0.05) is 29.8 Å². The van der Waals surface area contributed by atoms with E-state index in [9.17, 15) is 4.79 Å². The third-order valence-electron chi connectivity index (χ3n) is 3.02. The number of hydrogen-bond acceptors (Lipinski definition) is 2. The predicted octanol–water partition coefficient (Wildman–Crippen LogP) is 2.99. The van der Waals surface area contributed by atoms with Crippen molar-refractivity contribution < 1.29 is 4.79 Å². The Morgan fingerprint density at radius 2 is 2.11 bits per heavy atom. The van der Waals surface area contributed by atoms with Crippen LogP contribution in [0.25, 0.3) is 0 Å². The van der Waals surface area contributed by atoms with E-state index in [1.54, 1.807) is 17.3 Å². The molecule has 0 aliphatic heterocycles. The van der Waals surface area contributed by atoms with Gasteiger partial charge >= 0.3 is 6.03 Å². The number of amides is 1. The first-order chi connectivity index (χ1) is 9.10. The second-order valence-corrected chi connectivity index (χ2v) is 4.75. The highest BCUT2D eigenvalue weighted by atomic mass is 16.2. The second-order valence-electron chi connectivity index (χ2n) is 4.75. The minimum absolute atomic E-state index is 0.0860. The number of aromatic nitrogens is 2. The van der Waals surface area contributed by atoms with Gasteiger partial charge in [0.15, 0.2) is 0 Å². The van der Waals surface area contributed by atoms with Gasteiger partial charge in [0.05, 0.1) is 6.20 Å². The van der Waals surface area contributed by atoms with Crippen LogP contribution in [0.15, 0.2) is 36.7 Å². The van der Waals surface area contributed by atoms with Gasteiger partial charge in [-0.15, -0.1) is 0 Å². The smallest absolute Gasteiger partial charge is 0.319 e. The monoisotopic (exact) mass is 257 g/mol. The van der Waals surface area contributed by atoms with E-state index in [2.05, 4.69) is 24.2 Å². The number of carbonyl (C=O) groups is 1. The Morgan fingerprint density at radius 3 is 2.68 bits per heavy atom. The molecule has 0 aliphatic carbocycles. The molecule has 1 heterocycles. The fourth-order valence-corrected chi connectivity index (χ4v) is 2.01. The summed E-state index contributed by atoms with van der Waals surface area (Å²) in [7, 11) is 0. The average molecular weight is 257 g/mol. The molecule has 1 aromatic heterocycles. The molecule has 1 aromatic carbocycles. The molecule has 1 amide bonds. The molecular weight excluding hydrogens is 238 g/mol. The van der Waals surface area contributed by atoms with E-state index in [1.165, 1.54) is 10.2 Å². The van der Waals surface area contributed by atoms with E-state index in [-0.39, 0.29) is 6.03 Å². The van der Waals surface area contributed by atoms with Crippen LogP contribution in [0.1, 0.15) is 23.6 Å². The maximum Gasteiger partial charge on any atom is 0.344 e. The summed E-state index contributed by atoms with van der Waals surface area (Å²) in [6, 6.07) is 8.12. The molecule has 2 aromatic rings. The summed E-state index contributed by atoms with van der Waals surface area (Å²) in [6.45, 7) is 7.22. The first-order valence-electron chi connectivity index (χ1n) is 6.46. The lowest BCUT2D eigenvalue weighted by molar-refractivity contribution is 0.196. The zero-order chi connectivity index (χ0) is 13.8. The molecule has 0 spiro atoms. The van der Waals surface area contributed by atoms with Crippen molar-refractivity contribution in [2.75, 3.05) is 6.54 Å². The lowest BCUT2D eigenvalue weighted by Gasteiger charge is -2.20. The van der Waals surface area contributed by atoms with Crippen molar-refractivity contribution in [1.29, 1.82) is 0 Å². The maximum atomic E-state index is 12.3. The van der Waals surface area contributed by atoms with Crippen LogP contribution in [0.4, 0.5) is 4.79 Å². The van der Waals surface area contributed by atoms with Crippen molar-refractivity contribution in [3.8, 4) is 0 Å². The van der Waals surface area contributed by atoms with Crippen molar-refractivity contribution in [3.63, 3.8) is 0 Å². The standard InChI is InChI=1S/C15H19N3O/c1-4-17(11-14-7-5-6-12(2)8-14)15(19)18-10-13(3)9-16-18/h5-10H,4,11H2,1-3H3. The number of carbonyl (C=O) groups excluding carboxylic acids is 1. The Labute approximate surface area is 113 Å². The number of benzene rings is 1. The minimum atomic E-state index is -0.0860. The van der Waals surface area contributed by atoms with E-state index in [0.29, 0.717) is 13.1 Å². The van der Waals surface area contributed by atoms with E-state index in [1.807, 2.05) is 26.0 Å². The zero-order valence-corrected chi connectivity index (χ0v) is 11.6. The molecule has 19 heavy (non-hydrogen) atoms. The summed E-state index contributed by atoms with van der Waals surface area (Å²) in [5.41, 5.74) is 3.33.